The molecule has 7 nitrogen and oxygen atoms in total. The van der Waals surface area contributed by atoms with E-state index in [0.29, 0.717) is 0 Å². The molecule has 0 radical (unpaired) electrons. The van der Waals surface area contributed by atoms with Gasteiger partial charge >= 0.3 is 0 Å². The van der Waals surface area contributed by atoms with Gasteiger partial charge in [0.1, 0.15) is 5.82 Å². The minimum absolute atomic E-state index is 0.158. The van der Waals surface area contributed by atoms with E-state index >= 15 is 0 Å². The molecule has 26 heavy (non-hydrogen) atoms. The lowest BCUT2D eigenvalue weighted by atomic mass is 10.1. The molecule has 3 aromatic rings. The van der Waals surface area contributed by atoms with Crippen LogP contribution in [0.2, 0.25) is 0 Å². The van der Waals surface area contributed by atoms with Crippen LogP contribution in [0.5, 0.6) is 0 Å². The number of nitro groups is 1. The fraction of sp³-hybridized carbons (Fsp3) is 0.316. The van der Waals surface area contributed by atoms with Gasteiger partial charge < -0.3 is 4.98 Å². The Morgan fingerprint density at radius 1 is 1.00 bits per heavy atom. The molecular formula is C19H21N5O2. The van der Waals surface area contributed by atoms with E-state index in [9.17, 15) is 10.1 Å². The van der Waals surface area contributed by atoms with Crippen LogP contribution in [-0.4, -0.2) is 50.9 Å². The normalized spacial score (nSPS) is 16.2. The molecule has 1 N–H and O–H groups in total. The Morgan fingerprint density at radius 3 is 2.46 bits per heavy atom. The van der Waals surface area contributed by atoms with Crippen molar-refractivity contribution >= 4 is 16.7 Å². The maximum atomic E-state index is 10.9. The van der Waals surface area contributed by atoms with Crippen molar-refractivity contribution in [2.24, 2.45) is 0 Å². The van der Waals surface area contributed by atoms with Crippen LogP contribution in [0, 0.1) is 10.1 Å². The highest BCUT2D eigenvalue weighted by Crippen LogP contribution is 2.17. The number of nitrogens with one attached hydrogen (secondary N) is 1. The molecule has 0 bridgehead atoms. The van der Waals surface area contributed by atoms with Crippen LogP contribution in [0.15, 0.2) is 48.5 Å². The number of rotatable bonds is 5. The summed E-state index contributed by atoms with van der Waals surface area (Å²) in [4.78, 5) is 23.3. The molecule has 0 spiro atoms. The molecule has 2 heterocycles. The highest BCUT2D eigenvalue weighted by atomic mass is 16.6. The second kappa shape index (κ2) is 7.23. The first-order chi connectivity index (χ1) is 12.7. The number of fused-ring (bicyclic) bond motifs is 1. The lowest BCUT2D eigenvalue weighted by Gasteiger charge is -2.34. The predicted octanol–water partition coefficient (Wildman–Crippen LogP) is 2.79. The number of nitro benzene ring substituents is 1. The number of aromatic amines is 1. The second-order valence-electron chi connectivity index (χ2n) is 6.68. The summed E-state index contributed by atoms with van der Waals surface area (Å²) >= 11 is 0. The van der Waals surface area contributed by atoms with Crippen molar-refractivity contribution in [1.29, 1.82) is 0 Å². The van der Waals surface area contributed by atoms with Gasteiger partial charge in [0, 0.05) is 44.9 Å². The van der Waals surface area contributed by atoms with E-state index in [2.05, 4.69) is 19.8 Å². The van der Waals surface area contributed by atoms with Crippen LogP contribution in [-0.2, 0) is 13.1 Å². The number of hydrogen-bond acceptors (Lipinski definition) is 5. The Balaban J connectivity index is 1.32. The Hall–Kier alpha value is -2.77. The average molecular weight is 351 g/mol. The number of aromatic nitrogens is 2. The first-order valence-electron chi connectivity index (χ1n) is 8.79. The van der Waals surface area contributed by atoms with Gasteiger partial charge in [-0.3, -0.25) is 19.9 Å². The fourth-order valence-electron chi connectivity index (χ4n) is 3.42. The van der Waals surface area contributed by atoms with Gasteiger partial charge in [-0.05, 0) is 17.7 Å². The summed E-state index contributed by atoms with van der Waals surface area (Å²) in [7, 11) is 0. The summed E-state index contributed by atoms with van der Waals surface area (Å²) in [5.41, 5.74) is 3.23. The standard InChI is InChI=1S/C19H21N5O2/c25-24(26)16-5-3-4-15(12-16)13-22-8-10-23(11-9-22)14-19-20-17-6-1-2-7-18(17)21-19/h1-7,12H,8-11,13-14H2,(H,20,21). The van der Waals surface area contributed by atoms with Gasteiger partial charge in [-0.15, -0.1) is 0 Å². The molecule has 7 heteroatoms. The summed E-state index contributed by atoms with van der Waals surface area (Å²) in [6, 6.07) is 15.0. The minimum Gasteiger partial charge on any atom is -0.341 e. The summed E-state index contributed by atoms with van der Waals surface area (Å²) in [6.07, 6.45) is 0. The highest BCUT2D eigenvalue weighted by Gasteiger charge is 2.19. The van der Waals surface area contributed by atoms with Crippen molar-refractivity contribution in [2.45, 2.75) is 13.1 Å². The maximum Gasteiger partial charge on any atom is 0.269 e. The molecule has 0 aliphatic carbocycles. The summed E-state index contributed by atoms with van der Waals surface area (Å²) in [5.74, 6) is 0.998. The van der Waals surface area contributed by atoms with Gasteiger partial charge in [-0.1, -0.05) is 24.3 Å². The van der Waals surface area contributed by atoms with Crippen LogP contribution in [0.4, 0.5) is 5.69 Å². The van der Waals surface area contributed by atoms with E-state index in [0.717, 1.165) is 61.7 Å². The smallest absolute Gasteiger partial charge is 0.269 e. The average Bonchev–Trinajstić information content (AvgIpc) is 3.06. The SMILES string of the molecule is O=[N+]([O-])c1cccc(CN2CCN(Cc3nc4ccccc4[nH]3)CC2)c1. The van der Waals surface area contributed by atoms with Crippen molar-refractivity contribution in [1.82, 2.24) is 19.8 Å². The number of imidazole rings is 1. The Labute approximate surface area is 151 Å². The molecule has 0 amide bonds. The third-order valence-electron chi connectivity index (χ3n) is 4.80. The molecule has 1 saturated heterocycles. The van der Waals surface area contributed by atoms with Gasteiger partial charge in [0.15, 0.2) is 0 Å². The largest absolute Gasteiger partial charge is 0.341 e. The number of nitrogens with zero attached hydrogens (tertiary/aromatic N) is 4. The molecule has 2 aromatic carbocycles. The Bertz CT molecular complexity index is 882. The number of H-pyrrole nitrogens is 1. The first kappa shape index (κ1) is 16.7. The summed E-state index contributed by atoms with van der Waals surface area (Å²) in [5, 5.41) is 10.9. The van der Waals surface area contributed by atoms with Gasteiger partial charge in [0.05, 0.1) is 22.5 Å². The molecule has 134 valence electrons. The van der Waals surface area contributed by atoms with Crippen molar-refractivity contribution in [2.75, 3.05) is 26.2 Å². The monoisotopic (exact) mass is 351 g/mol. The third kappa shape index (κ3) is 3.74. The Kier molecular flexibility index (Phi) is 4.64. The van der Waals surface area contributed by atoms with Crippen LogP contribution in [0.3, 0.4) is 0 Å². The zero-order chi connectivity index (χ0) is 17.9. The van der Waals surface area contributed by atoms with E-state index in [4.69, 9.17) is 0 Å². The van der Waals surface area contributed by atoms with Crippen molar-refractivity contribution in [3.63, 3.8) is 0 Å². The fourth-order valence-corrected chi connectivity index (χ4v) is 3.42. The molecule has 0 saturated carbocycles. The van der Waals surface area contributed by atoms with Crippen molar-refractivity contribution < 1.29 is 4.92 Å². The molecule has 1 fully saturated rings. The van der Waals surface area contributed by atoms with Crippen molar-refractivity contribution in [3.8, 4) is 0 Å². The van der Waals surface area contributed by atoms with Crippen LogP contribution < -0.4 is 0 Å². The van der Waals surface area contributed by atoms with Gasteiger partial charge in [-0.2, -0.15) is 0 Å². The van der Waals surface area contributed by atoms with E-state index in [1.54, 1.807) is 12.1 Å². The second-order valence-corrected chi connectivity index (χ2v) is 6.68. The third-order valence-corrected chi connectivity index (χ3v) is 4.80. The van der Waals surface area contributed by atoms with Gasteiger partial charge in [0.2, 0.25) is 0 Å². The minimum atomic E-state index is -0.339. The molecule has 0 atom stereocenters. The topological polar surface area (TPSA) is 78.3 Å². The number of hydrogen-bond donors (Lipinski definition) is 1. The van der Waals surface area contributed by atoms with Crippen molar-refractivity contribution in [3.05, 3.63) is 70.0 Å². The lowest BCUT2D eigenvalue weighted by Crippen LogP contribution is -2.45. The number of non-ortho nitro benzene ring substituents is 1. The van der Waals surface area contributed by atoms with E-state index in [-0.39, 0.29) is 10.6 Å². The Morgan fingerprint density at radius 2 is 1.73 bits per heavy atom. The highest BCUT2D eigenvalue weighted by molar-refractivity contribution is 5.74. The first-order valence-corrected chi connectivity index (χ1v) is 8.79. The lowest BCUT2D eigenvalue weighted by molar-refractivity contribution is -0.384. The van der Waals surface area contributed by atoms with Crippen LogP contribution in [0.1, 0.15) is 11.4 Å². The van der Waals surface area contributed by atoms with Gasteiger partial charge in [-0.25, -0.2) is 4.98 Å². The molecule has 1 aromatic heterocycles. The zero-order valence-electron chi connectivity index (χ0n) is 14.5. The maximum absolute atomic E-state index is 10.9. The zero-order valence-corrected chi connectivity index (χ0v) is 14.5. The molecule has 1 aliphatic rings. The van der Waals surface area contributed by atoms with E-state index < -0.39 is 0 Å². The van der Waals surface area contributed by atoms with Crippen LogP contribution in [0.25, 0.3) is 11.0 Å². The molecule has 4 rings (SSSR count). The molecular weight excluding hydrogens is 330 g/mol. The van der Waals surface area contributed by atoms with E-state index in [1.807, 2.05) is 30.3 Å². The van der Waals surface area contributed by atoms with Crippen LogP contribution >= 0.6 is 0 Å². The van der Waals surface area contributed by atoms with E-state index in [1.165, 1.54) is 6.07 Å². The predicted molar refractivity (Wildman–Crippen MR) is 99.7 cm³/mol. The number of para-hydroxylation sites is 2. The number of piperazine rings is 1. The number of benzene rings is 2. The quantitative estimate of drug-likeness (QED) is 0.565. The summed E-state index contributed by atoms with van der Waals surface area (Å²) in [6.45, 7) is 5.39. The van der Waals surface area contributed by atoms with Gasteiger partial charge in [0.25, 0.3) is 5.69 Å². The molecule has 0 unspecified atom stereocenters. The summed E-state index contributed by atoms with van der Waals surface area (Å²) < 4.78 is 0. The molecule has 1 aliphatic heterocycles.